The predicted octanol–water partition coefficient (Wildman–Crippen LogP) is 7.33. The van der Waals surface area contributed by atoms with E-state index in [1.54, 1.807) is 5.56 Å². The van der Waals surface area contributed by atoms with Gasteiger partial charge < -0.3 is 18.9 Å². The number of ether oxygens (including phenoxy) is 4. The van der Waals surface area contributed by atoms with Gasteiger partial charge in [0.05, 0.1) is 13.2 Å². The van der Waals surface area contributed by atoms with Crippen LogP contribution in [0.3, 0.4) is 0 Å². The van der Waals surface area contributed by atoms with Gasteiger partial charge in [-0.1, -0.05) is 18.2 Å². The van der Waals surface area contributed by atoms with Crippen LogP contribution in [0, 0.1) is 35.5 Å². The highest BCUT2D eigenvalue weighted by Crippen LogP contribution is 2.66. The van der Waals surface area contributed by atoms with Crippen molar-refractivity contribution in [2.24, 2.45) is 35.5 Å². The summed E-state index contributed by atoms with van der Waals surface area (Å²) in [6.07, 6.45) is 17.4. The second-order valence-corrected chi connectivity index (χ2v) is 15.9. The van der Waals surface area contributed by atoms with Crippen LogP contribution in [0.25, 0.3) is 10.8 Å². The van der Waals surface area contributed by atoms with Crippen molar-refractivity contribution in [1.29, 1.82) is 0 Å². The van der Waals surface area contributed by atoms with E-state index < -0.39 is 0 Å². The Hall–Kier alpha value is -1.78. The van der Waals surface area contributed by atoms with Crippen molar-refractivity contribution in [3.8, 4) is 11.5 Å². The fourth-order valence-corrected chi connectivity index (χ4v) is 12.1. The van der Waals surface area contributed by atoms with E-state index in [2.05, 4.69) is 24.3 Å². The molecule has 212 valence electrons. The monoisotopic (exact) mass is 540 g/mol. The molecule has 10 fully saturated rings. The largest absolute Gasteiger partial charge is 0.490 e. The van der Waals surface area contributed by atoms with Gasteiger partial charge in [0.2, 0.25) is 0 Å². The van der Waals surface area contributed by atoms with E-state index in [-0.39, 0.29) is 17.6 Å². The molecule has 2 atom stereocenters. The van der Waals surface area contributed by atoms with E-state index in [4.69, 9.17) is 18.9 Å². The Balaban J connectivity index is 1.20. The highest BCUT2D eigenvalue weighted by molar-refractivity contribution is 5.96. The molecule has 2 unspecified atom stereocenters. The van der Waals surface area contributed by atoms with Crippen molar-refractivity contribution < 1.29 is 18.9 Å². The number of epoxide rings is 2. The third-order valence-electron chi connectivity index (χ3n) is 12.9. The van der Waals surface area contributed by atoms with Gasteiger partial charge in [-0.25, -0.2) is 0 Å². The molecule has 0 N–H and O–H groups in total. The molecule has 12 rings (SSSR count). The minimum atomic E-state index is 0.191. The smallest absolute Gasteiger partial charge is 0.135 e. The van der Waals surface area contributed by atoms with Gasteiger partial charge in [0.25, 0.3) is 0 Å². The van der Waals surface area contributed by atoms with Crippen LogP contribution >= 0.6 is 0 Å². The zero-order valence-corrected chi connectivity index (χ0v) is 23.9. The molecule has 2 aliphatic heterocycles. The van der Waals surface area contributed by atoms with E-state index in [0.29, 0.717) is 18.6 Å². The predicted molar refractivity (Wildman–Crippen MR) is 154 cm³/mol. The Labute approximate surface area is 238 Å². The molecule has 2 saturated heterocycles. The zero-order valence-electron chi connectivity index (χ0n) is 23.9. The van der Waals surface area contributed by atoms with Gasteiger partial charge in [-0.2, -0.15) is 0 Å². The van der Waals surface area contributed by atoms with Crippen LogP contribution in [-0.2, 0) is 20.3 Å². The summed E-state index contributed by atoms with van der Waals surface area (Å²) in [5, 5.41) is 2.76. The van der Waals surface area contributed by atoms with Gasteiger partial charge in [0.15, 0.2) is 0 Å². The minimum absolute atomic E-state index is 0.191. The molecule has 8 aliphatic carbocycles. The van der Waals surface area contributed by atoms with Gasteiger partial charge in [0.1, 0.15) is 36.9 Å². The van der Waals surface area contributed by atoms with Gasteiger partial charge in [0, 0.05) is 16.4 Å². The summed E-state index contributed by atoms with van der Waals surface area (Å²) in [7, 11) is 0. The quantitative estimate of drug-likeness (QED) is 0.329. The fraction of sp³-hybridized carbons (Fsp3) is 0.722. The molecule has 8 saturated carbocycles. The number of rotatable bonds is 8. The summed E-state index contributed by atoms with van der Waals surface area (Å²) < 4.78 is 25.2. The second-order valence-electron chi connectivity index (χ2n) is 15.9. The summed E-state index contributed by atoms with van der Waals surface area (Å²) >= 11 is 0. The maximum atomic E-state index is 7.09. The maximum Gasteiger partial charge on any atom is 0.135 e. The Morgan fingerprint density at radius 1 is 0.650 bits per heavy atom. The summed E-state index contributed by atoms with van der Waals surface area (Å²) in [4.78, 5) is 0. The fourth-order valence-electron chi connectivity index (χ4n) is 12.1. The van der Waals surface area contributed by atoms with Crippen LogP contribution in [0.5, 0.6) is 11.5 Å². The molecule has 10 aliphatic rings. The van der Waals surface area contributed by atoms with E-state index >= 15 is 0 Å². The lowest BCUT2D eigenvalue weighted by molar-refractivity contribution is -0.00799. The Morgan fingerprint density at radius 2 is 1.15 bits per heavy atom. The average Bonchev–Trinajstić information content (AvgIpc) is 3.84. The van der Waals surface area contributed by atoms with Crippen LogP contribution in [-0.4, -0.2) is 38.6 Å². The van der Waals surface area contributed by atoms with Crippen molar-refractivity contribution in [2.75, 3.05) is 26.4 Å². The van der Waals surface area contributed by atoms with Gasteiger partial charge in [-0.15, -0.1) is 0 Å². The first-order chi connectivity index (χ1) is 19.6. The molecule has 40 heavy (non-hydrogen) atoms. The Bertz CT molecular complexity index is 1280. The molecule has 4 nitrogen and oxygen atoms in total. The lowest BCUT2D eigenvalue weighted by Crippen LogP contribution is -2.49. The molecule has 2 heterocycles. The number of hydrogen-bond donors (Lipinski definition) is 0. The lowest BCUT2D eigenvalue weighted by atomic mass is 9.47. The van der Waals surface area contributed by atoms with Crippen molar-refractivity contribution in [1.82, 2.24) is 0 Å². The average molecular weight is 541 g/mol. The minimum Gasteiger partial charge on any atom is -0.490 e. The van der Waals surface area contributed by atoms with E-state index in [0.717, 1.165) is 54.5 Å². The third-order valence-corrected chi connectivity index (χ3v) is 12.9. The van der Waals surface area contributed by atoms with Gasteiger partial charge in [-0.3, -0.25) is 0 Å². The summed E-state index contributed by atoms with van der Waals surface area (Å²) in [5.74, 6) is 7.68. The van der Waals surface area contributed by atoms with Gasteiger partial charge in [-0.05, 0) is 135 Å². The SMILES string of the molecule is c1cc(C23CC4CC(CC(C4)C2)C3)c2c(OCC3CO3)c(C34CC5CC(CC(C5)C3)C4)c(OCC3CO3)cc2c1. The summed E-state index contributed by atoms with van der Waals surface area (Å²) in [6.45, 7) is 2.99. The molecule has 2 aromatic rings. The second kappa shape index (κ2) is 8.40. The molecule has 8 bridgehead atoms. The van der Waals surface area contributed by atoms with Crippen LogP contribution in [0.4, 0.5) is 0 Å². The lowest BCUT2D eigenvalue weighted by Gasteiger charge is -2.58. The number of hydrogen-bond acceptors (Lipinski definition) is 4. The molecule has 0 spiro atoms. The van der Waals surface area contributed by atoms with Crippen LogP contribution in [0.15, 0.2) is 24.3 Å². The van der Waals surface area contributed by atoms with Crippen molar-refractivity contribution in [3.63, 3.8) is 0 Å². The molecular formula is C36H44O4. The first-order valence-corrected chi connectivity index (χ1v) is 16.7. The topological polar surface area (TPSA) is 43.5 Å². The standard InChI is InChI=1S/C36H44O4/c1-2-27-10-31(39-19-28-17-37-28)33(36-14-24-7-25(15-36)9-26(8-24)16-36)34(40-20-29-18-38-29)32(27)30(3-1)35-11-21-4-22(12-35)6-23(5-21)13-35/h1-3,10,21-26,28-29H,4-9,11-20H2. The third kappa shape index (κ3) is 3.70. The van der Waals surface area contributed by atoms with Crippen molar-refractivity contribution in [3.05, 3.63) is 35.4 Å². The van der Waals surface area contributed by atoms with E-state index in [1.807, 2.05) is 0 Å². The molecule has 0 amide bonds. The normalized spacial score (nSPS) is 45.3. The first-order valence-electron chi connectivity index (χ1n) is 16.7. The molecule has 2 aromatic carbocycles. The van der Waals surface area contributed by atoms with Crippen LogP contribution in [0.2, 0.25) is 0 Å². The van der Waals surface area contributed by atoms with E-state index in [9.17, 15) is 0 Å². The molecule has 0 radical (unpaired) electrons. The van der Waals surface area contributed by atoms with Crippen LogP contribution < -0.4 is 9.47 Å². The van der Waals surface area contributed by atoms with Crippen LogP contribution in [0.1, 0.15) is 88.2 Å². The Morgan fingerprint density at radius 3 is 1.68 bits per heavy atom. The van der Waals surface area contributed by atoms with Gasteiger partial charge >= 0.3 is 0 Å². The summed E-state index contributed by atoms with van der Waals surface area (Å²) in [6, 6.07) is 9.61. The maximum absolute atomic E-state index is 7.09. The van der Waals surface area contributed by atoms with E-state index in [1.165, 1.54) is 99.1 Å². The number of benzene rings is 2. The highest BCUT2D eigenvalue weighted by Gasteiger charge is 2.55. The first kappa shape index (κ1) is 23.7. The molecule has 0 aromatic heterocycles. The zero-order chi connectivity index (χ0) is 26.1. The Kier molecular flexibility index (Phi) is 4.99. The molecule has 4 heteroatoms. The number of fused-ring (bicyclic) bond motifs is 1. The summed E-state index contributed by atoms with van der Waals surface area (Å²) in [5.41, 5.74) is 3.57. The van der Waals surface area contributed by atoms with Crippen molar-refractivity contribution >= 4 is 10.8 Å². The molecular weight excluding hydrogens is 496 g/mol. The van der Waals surface area contributed by atoms with Crippen molar-refractivity contribution in [2.45, 2.75) is 100 Å². The highest BCUT2D eigenvalue weighted by atomic mass is 16.6.